The second kappa shape index (κ2) is 6.36. The molecule has 0 aliphatic rings. The number of amides is 1. The standard InChI is InChI=1S/C14H13N3O2/c15-6-3-8-17(11-12-4-1-7-16-10-12)14(18)13-5-2-9-19-13/h1-2,4-5,7,9-10H,3,8,11H2. The minimum absolute atomic E-state index is 0.218. The van der Waals surface area contributed by atoms with E-state index in [0.717, 1.165) is 5.56 Å². The van der Waals surface area contributed by atoms with Gasteiger partial charge >= 0.3 is 0 Å². The number of aromatic nitrogens is 1. The molecule has 0 N–H and O–H groups in total. The monoisotopic (exact) mass is 255 g/mol. The van der Waals surface area contributed by atoms with Gasteiger partial charge in [-0.1, -0.05) is 6.07 Å². The van der Waals surface area contributed by atoms with Gasteiger partial charge in [-0.3, -0.25) is 9.78 Å². The normalized spacial score (nSPS) is 9.84. The van der Waals surface area contributed by atoms with Gasteiger partial charge in [-0.15, -0.1) is 0 Å². The lowest BCUT2D eigenvalue weighted by Crippen LogP contribution is -2.31. The van der Waals surface area contributed by atoms with E-state index >= 15 is 0 Å². The molecule has 0 fully saturated rings. The zero-order chi connectivity index (χ0) is 13.5. The molecule has 0 aliphatic heterocycles. The number of pyridine rings is 1. The van der Waals surface area contributed by atoms with Crippen LogP contribution in [0.5, 0.6) is 0 Å². The second-order valence-corrected chi connectivity index (χ2v) is 3.97. The highest BCUT2D eigenvalue weighted by atomic mass is 16.3. The molecule has 5 nitrogen and oxygen atoms in total. The second-order valence-electron chi connectivity index (χ2n) is 3.97. The van der Waals surface area contributed by atoms with Gasteiger partial charge in [-0.25, -0.2) is 0 Å². The number of hydrogen-bond donors (Lipinski definition) is 0. The summed E-state index contributed by atoms with van der Waals surface area (Å²) in [7, 11) is 0. The van der Waals surface area contributed by atoms with E-state index in [9.17, 15) is 4.79 Å². The topological polar surface area (TPSA) is 70.1 Å². The molecule has 0 aromatic carbocycles. The average Bonchev–Trinajstić information content (AvgIpc) is 2.98. The van der Waals surface area contributed by atoms with E-state index in [1.807, 2.05) is 18.2 Å². The van der Waals surface area contributed by atoms with Gasteiger partial charge < -0.3 is 9.32 Å². The molecule has 2 rings (SSSR count). The maximum Gasteiger partial charge on any atom is 0.289 e. The zero-order valence-corrected chi connectivity index (χ0v) is 10.3. The van der Waals surface area contributed by atoms with Crippen LogP contribution in [0.4, 0.5) is 0 Å². The molecule has 0 radical (unpaired) electrons. The first kappa shape index (κ1) is 12.8. The Bertz CT molecular complexity index is 558. The van der Waals surface area contributed by atoms with Crippen LogP contribution in [-0.2, 0) is 6.54 Å². The van der Waals surface area contributed by atoms with Crippen molar-refractivity contribution in [2.45, 2.75) is 13.0 Å². The summed E-state index contributed by atoms with van der Waals surface area (Å²) < 4.78 is 5.10. The van der Waals surface area contributed by atoms with Crippen LogP contribution >= 0.6 is 0 Å². The lowest BCUT2D eigenvalue weighted by molar-refractivity contribution is 0.0714. The zero-order valence-electron chi connectivity index (χ0n) is 10.3. The molecule has 0 bridgehead atoms. The number of furan rings is 1. The molecule has 0 saturated carbocycles. The summed E-state index contributed by atoms with van der Waals surface area (Å²) in [5.41, 5.74) is 0.917. The summed E-state index contributed by atoms with van der Waals surface area (Å²) in [6, 6.07) is 9.03. The van der Waals surface area contributed by atoms with Crippen LogP contribution in [0, 0.1) is 11.3 Å². The van der Waals surface area contributed by atoms with Crippen molar-refractivity contribution >= 4 is 5.91 Å². The third-order valence-corrected chi connectivity index (χ3v) is 2.61. The van der Waals surface area contributed by atoms with Crippen molar-refractivity contribution in [1.82, 2.24) is 9.88 Å². The van der Waals surface area contributed by atoms with Crippen LogP contribution in [0.1, 0.15) is 22.5 Å². The van der Waals surface area contributed by atoms with E-state index in [1.165, 1.54) is 6.26 Å². The number of carbonyl (C=O) groups is 1. The van der Waals surface area contributed by atoms with Gasteiger partial charge in [0.1, 0.15) is 0 Å². The molecule has 5 heteroatoms. The summed E-state index contributed by atoms with van der Waals surface area (Å²) in [4.78, 5) is 17.8. The molecule has 2 heterocycles. The van der Waals surface area contributed by atoms with E-state index in [1.54, 1.807) is 29.4 Å². The number of hydrogen-bond acceptors (Lipinski definition) is 4. The molecule has 0 unspecified atom stereocenters. The van der Waals surface area contributed by atoms with Gasteiger partial charge in [-0.2, -0.15) is 5.26 Å². The van der Waals surface area contributed by atoms with Crippen molar-refractivity contribution in [3.63, 3.8) is 0 Å². The minimum atomic E-state index is -0.218. The summed E-state index contributed by atoms with van der Waals surface area (Å²) in [6.07, 6.45) is 5.12. The molecule has 2 aromatic heterocycles. The number of nitriles is 1. The lowest BCUT2D eigenvalue weighted by atomic mass is 10.2. The van der Waals surface area contributed by atoms with Crippen molar-refractivity contribution in [1.29, 1.82) is 5.26 Å². The van der Waals surface area contributed by atoms with Gasteiger partial charge in [0, 0.05) is 25.5 Å². The molecule has 0 saturated heterocycles. The van der Waals surface area contributed by atoms with Crippen LogP contribution in [-0.4, -0.2) is 22.3 Å². The Kier molecular flexibility index (Phi) is 4.29. The fourth-order valence-electron chi connectivity index (χ4n) is 1.71. The molecule has 0 atom stereocenters. The van der Waals surface area contributed by atoms with E-state index < -0.39 is 0 Å². The van der Waals surface area contributed by atoms with Crippen molar-refractivity contribution < 1.29 is 9.21 Å². The SMILES string of the molecule is N#CCCN(Cc1cccnc1)C(=O)c1ccco1. The third-order valence-electron chi connectivity index (χ3n) is 2.61. The third kappa shape index (κ3) is 3.42. The van der Waals surface area contributed by atoms with Gasteiger partial charge in [0.15, 0.2) is 5.76 Å². The summed E-state index contributed by atoms with van der Waals surface area (Å²) >= 11 is 0. The summed E-state index contributed by atoms with van der Waals surface area (Å²) in [6.45, 7) is 0.778. The van der Waals surface area contributed by atoms with E-state index in [-0.39, 0.29) is 18.1 Å². The van der Waals surface area contributed by atoms with E-state index in [2.05, 4.69) is 4.98 Å². The largest absolute Gasteiger partial charge is 0.459 e. The molecule has 96 valence electrons. The molecule has 0 spiro atoms. The lowest BCUT2D eigenvalue weighted by Gasteiger charge is -2.20. The Balaban J connectivity index is 2.12. The highest BCUT2D eigenvalue weighted by Gasteiger charge is 2.18. The molecule has 2 aromatic rings. The Labute approximate surface area is 111 Å². The smallest absolute Gasteiger partial charge is 0.289 e. The van der Waals surface area contributed by atoms with Crippen molar-refractivity contribution in [3.8, 4) is 6.07 Å². The Morgan fingerprint density at radius 3 is 2.95 bits per heavy atom. The first-order valence-electron chi connectivity index (χ1n) is 5.90. The van der Waals surface area contributed by atoms with Crippen molar-refractivity contribution in [2.75, 3.05) is 6.54 Å². The van der Waals surface area contributed by atoms with Crippen LogP contribution in [0.25, 0.3) is 0 Å². The maximum absolute atomic E-state index is 12.2. The maximum atomic E-state index is 12.2. The Morgan fingerprint density at radius 1 is 1.42 bits per heavy atom. The molecular formula is C14H13N3O2. The highest BCUT2D eigenvalue weighted by Crippen LogP contribution is 2.10. The Hall–Kier alpha value is -2.61. The highest BCUT2D eigenvalue weighted by molar-refractivity contribution is 5.91. The van der Waals surface area contributed by atoms with Crippen LogP contribution in [0.3, 0.4) is 0 Å². The first-order valence-corrected chi connectivity index (χ1v) is 5.90. The van der Waals surface area contributed by atoms with Crippen LogP contribution < -0.4 is 0 Å². The molecular weight excluding hydrogens is 242 g/mol. The first-order chi connectivity index (χ1) is 9.31. The number of carbonyl (C=O) groups excluding carboxylic acids is 1. The minimum Gasteiger partial charge on any atom is -0.459 e. The van der Waals surface area contributed by atoms with Crippen molar-refractivity contribution in [2.24, 2.45) is 0 Å². The van der Waals surface area contributed by atoms with Crippen LogP contribution in [0.2, 0.25) is 0 Å². The fraction of sp³-hybridized carbons (Fsp3) is 0.214. The van der Waals surface area contributed by atoms with E-state index in [0.29, 0.717) is 13.1 Å². The summed E-state index contributed by atoms with van der Waals surface area (Å²) in [5, 5.41) is 8.67. The number of rotatable bonds is 5. The molecule has 0 aliphatic carbocycles. The van der Waals surface area contributed by atoms with Gasteiger partial charge in [-0.05, 0) is 23.8 Å². The predicted octanol–water partition coefficient (Wildman–Crippen LogP) is 2.23. The van der Waals surface area contributed by atoms with Gasteiger partial charge in [0.2, 0.25) is 0 Å². The molecule has 19 heavy (non-hydrogen) atoms. The van der Waals surface area contributed by atoms with Crippen molar-refractivity contribution in [3.05, 3.63) is 54.2 Å². The van der Waals surface area contributed by atoms with Gasteiger partial charge in [0.25, 0.3) is 5.91 Å². The van der Waals surface area contributed by atoms with Crippen LogP contribution in [0.15, 0.2) is 47.3 Å². The summed E-state index contributed by atoms with van der Waals surface area (Å²) in [5.74, 6) is 0.0610. The van der Waals surface area contributed by atoms with E-state index in [4.69, 9.17) is 9.68 Å². The quantitative estimate of drug-likeness (QED) is 0.821. The Morgan fingerprint density at radius 2 is 2.32 bits per heavy atom. The molecule has 1 amide bonds. The fourth-order valence-corrected chi connectivity index (χ4v) is 1.71. The average molecular weight is 255 g/mol. The van der Waals surface area contributed by atoms with Gasteiger partial charge in [0.05, 0.1) is 18.8 Å². The predicted molar refractivity (Wildman–Crippen MR) is 67.9 cm³/mol. The number of nitrogens with zero attached hydrogens (tertiary/aromatic N) is 3.